The van der Waals surface area contributed by atoms with Crippen LogP contribution >= 0.6 is 11.3 Å². The summed E-state index contributed by atoms with van der Waals surface area (Å²) in [5.41, 5.74) is 0.884. The van der Waals surface area contributed by atoms with E-state index in [0.717, 1.165) is 22.3 Å². The predicted molar refractivity (Wildman–Crippen MR) is 84.2 cm³/mol. The Bertz CT molecular complexity index is 714. The third-order valence-electron chi connectivity index (χ3n) is 4.32. The first-order chi connectivity index (χ1) is 10.4. The van der Waals surface area contributed by atoms with Gasteiger partial charge in [-0.2, -0.15) is 5.10 Å². The first-order valence-corrected chi connectivity index (χ1v) is 8.17. The lowest BCUT2D eigenvalue weighted by Crippen LogP contribution is -2.49. The second kappa shape index (κ2) is 5.39. The van der Waals surface area contributed by atoms with Gasteiger partial charge in [-0.3, -0.25) is 9.48 Å². The first-order valence-electron chi connectivity index (χ1n) is 7.35. The summed E-state index contributed by atoms with van der Waals surface area (Å²) in [6, 6.07) is 1.11. The highest BCUT2D eigenvalue weighted by Crippen LogP contribution is 2.31. The highest BCUT2D eigenvalue weighted by Gasteiger charge is 2.35. The zero-order valence-electron chi connectivity index (χ0n) is 12.9. The lowest BCUT2D eigenvalue weighted by Gasteiger charge is -2.35. The smallest absolute Gasteiger partial charge is 0.326 e. The molecule has 2 aromatic rings. The summed E-state index contributed by atoms with van der Waals surface area (Å²) in [6.45, 7) is 4.45. The average Bonchev–Trinajstić information content (AvgIpc) is 3.00. The van der Waals surface area contributed by atoms with E-state index in [0.29, 0.717) is 23.8 Å². The number of likely N-dealkylation sites (tertiary alicyclic amines) is 1. The van der Waals surface area contributed by atoms with Crippen molar-refractivity contribution >= 4 is 33.4 Å². The van der Waals surface area contributed by atoms with Crippen LogP contribution in [0.25, 0.3) is 10.2 Å². The Hall–Kier alpha value is -1.89. The minimum absolute atomic E-state index is 0.181. The molecule has 0 saturated carbocycles. The first kappa shape index (κ1) is 15.0. The van der Waals surface area contributed by atoms with E-state index in [1.165, 1.54) is 16.2 Å². The van der Waals surface area contributed by atoms with Crippen molar-refractivity contribution < 1.29 is 14.7 Å². The van der Waals surface area contributed by atoms with Crippen molar-refractivity contribution in [3.05, 3.63) is 16.6 Å². The third-order valence-corrected chi connectivity index (χ3v) is 5.51. The fraction of sp³-hybridized carbons (Fsp3) is 0.533. The van der Waals surface area contributed by atoms with E-state index < -0.39 is 12.0 Å². The number of hydrogen-bond donors (Lipinski definition) is 1. The number of aliphatic carboxylic acids is 1. The normalized spacial score (nSPS) is 22.2. The standard InChI is InChI=1S/C15H19N3O3S/c1-8-4-5-18(11(6-8)15(20)21)13(19)12-7-10-9(2)16-17(3)14(10)22-12/h7-8,11H,4-6H2,1-3H3,(H,20,21). The van der Waals surface area contributed by atoms with Gasteiger partial charge in [0.1, 0.15) is 10.9 Å². The van der Waals surface area contributed by atoms with Crippen LogP contribution in [0.4, 0.5) is 0 Å². The monoisotopic (exact) mass is 321 g/mol. The van der Waals surface area contributed by atoms with Crippen LogP contribution < -0.4 is 0 Å². The Morgan fingerprint density at radius 1 is 1.45 bits per heavy atom. The van der Waals surface area contributed by atoms with Gasteiger partial charge in [-0.1, -0.05) is 6.92 Å². The Morgan fingerprint density at radius 2 is 2.18 bits per heavy atom. The predicted octanol–water partition coefficient (Wildman–Crippen LogP) is 2.27. The Labute approximate surface area is 132 Å². The summed E-state index contributed by atoms with van der Waals surface area (Å²) in [6.07, 6.45) is 1.37. The molecule has 2 atom stereocenters. The molecule has 3 heterocycles. The summed E-state index contributed by atoms with van der Waals surface area (Å²) >= 11 is 1.38. The SMILES string of the molecule is Cc1nn(C)c2sc(C(=O)N3CCC(C)CC3C(=O)O)cc12. The van der Waals surface area contributed by atoms with Gasteiger partial charge >= 0.3 is 5.97 Å². The molecule has 6 nitrogen and oxygen atoms in total. The molecule has 22 heavy (non-hydrogen) atoms. The topological polar surface area (TPSA) is 75.4 Å². The Balaban J connectivity index is 1.93. The summed E-state index contributed by atoms with van der Waals surface area (Å²) < 4.78 is 1.76. The summed E-state index contributed by atoms with van der Waals surface area (Å²) in [7, 11) is 1.85. The van der Waals surface area contributed by atoms with Crippen molar-refractivity contribution in [3.8, 4) is 0 Å². The van der Waals surface area contributed by atoms with Crippen LogP contribution in [0.3, 0.4) is 0 Å². The quantitative estimate of drug-likeness (QED) is 0.920. The number of hydrogen-bond acceptors (Lipinski definition) is 4. The zero-order chi connectivity index (χ0) is 16.0. The number of nitrogens with zero attached hydrogens (tertiary/aromatic N) is 3. The van der Waals surface area contributed by atoms with E-state index >= 15 is 0 Å². The van der Waals surface area contributed by atoms with E-state index in [9.17, 15) is 14.7 Å². The second-order valence-electron chi connectivity index (χ2n) is 6.02. The number of carbonyl (C=O) groups is 2. The van der Waals surface area contributed by atoms with Crippen LogP contribution in [-0.2, 0) is 11.8 Å². The molecule has 0 radical (unpaired) electrons. The molecule has 0 aromatic carbocycles. The largest absolute Gasteiger partial charge is 0.480 e. The minimum Gasteiger partial charge on any atom is -0.480 e. The van der Waals surface area contributed by atoms with Gasteiger partial charge in [0.15, 0.2) is 0 Å². The number of rotatable bonds is 2. The van der Waals surface area contributed by atoms with Crippen molar-refractivity contribution in [2.24, 2.45) is 13.0 Å². The molecule has 2 aromatic heterocycles. The van der Waals surface area contributed by atoms with Gasteiger partial charge in [0.2, 0.25) is 0 Å². The van der Waals surface area contributed by atoms with Gasteiger partial charge in [0, 0.05) is 19.0 Å². The highest BCUT2D eigenvalue weighted by atomic mass is 32.1. The molecular weight excluding hydrogens is 302 g/mol. The molecule has 1 fully saturated rings. The molecule has 0 aliphatic carbocycles. The summed E-state index contributed by atoms with van der Waals surface area (Å²) in [5, 5.41) is 14.7. The van der Waals surface area contributed by atoms with Gasteiger partial charge in [-0.25, -0.2) is 4.79 Å². The Kier molecular flexibility index (Phi) is 3.68. The van der Waals surface area contributed by atoms with Crippen LogP contribution in [0, 0.1) is 12.8 Å². The molecule has 1 aliphatic heterocycles. The zero-order valence-corrected chi connectivity index (χ0v) is 13.7. The number of piperidine rings is 1. The lowest BCUT2D eigenvalue weighted by molar-refractivity contribution is -0.144. The van der Waals surface area contributed by atoms with E-state index in [1.807, 2.05) is 27.0 Å². The number of aryl methyl sites for hydroxylation is 2. The third kappa shape index (κ3) is 2.39. The van der Waals surface area contributed by atoms with Crippen LogP contribution in [0.5, 0.6) is 0 Å². The fourth-order valence-electron chi connectivity index (χ4n) is 3.07. The van der Waals surface area contributed by atoms with Crippen LogP contribution in [0.2, 0.25) is 0 Å². The number of carboxylic acids is 1. The number of carbonyl (C=O) groups excluding carboxylic acids is 1. The maximum atomic E-state index is 12.8. The molecular formula is C15H19N3O3S. The van der Waals surface area contributed by atoms with Crippen molar-refractivity contribution in [2.75, 3.05) is 6.54 Å². The number of fused-ring (bicyclic) bond motifs is 1. The van der Waals surface area contributed by atoms with E-state index in [1.54, 1.807) is 4.68 Å². The van der Waals surface area contributed by atoms with Crippen molar-refractivity contribution in [1.82, 2.24) is 14.7 Å². The van der Waals surface area contributed by atoms with Crippen molar-refractivity contribution in [2.45, 2.75) is 32.7 Å². The molecule has 1 N–H and O–H groups in total. The average molecular weight is 321 g/mol. The molecule has 1 aliphatic rings. The van der Waals surface area contributed by atoms with Gasteiger partial charge in [0.25, 0.3) is 5.91 Å². The second-order valence-corrected chi connectivity index (χ2v) is 7.05. The van der Waals surface area contributed by atoms with Crippen LogP contribution in [0.1, 0.15) is 35.1 Å². The molecule has 0 bridgehead atoms. The molecule has 118 valence electrons. The van der Waals surface area contributed by atoms with Gasteiger partial charge in [0.05, 0.1) is 10.6 Å². The summed E-state index contributed by atoms with van der Waals surface area (Å²) in [5.74, 6) is -0.766. The maximum absolute atomic E-state index is 12.8. The summed E-state index contributed by atoms with van der Waals surface area (Å²) in [4.78, 5) is 27.3. The number of carboxylic acid groups (broad SMARTS) is 1. The highest BCUT2D eigenvalue weighted by molar-refractivity contribution is 7.20. The maximum Gasteiger partial charge on any atom is 0.326 e. The lowest BCUT2D eigenvalue weighted by atomic mass is 9.92. The molecule has 7 heteroatoms. The van der Waals surface area contributed by atoms with Gasteiger partial charge in [-0.15, -0.1) is 11.3 Å². The van der Waals surface area contributed by atoms with Crippen LogP contribution in [0.15, 0.2) is 6.07 Å². The number of amides is 1. The Morgan fingerprint density at radius 3 is 2.82 bits per heavy atom. The molecule has 2 unspecified atom stereocenters. The molecule has 0 spiro atoms. The fourth-order valence-corrected chi connectivity index (χ4v) is 4.15. The van der Waals surface area contributed by atoms with Crippen LogP contribution in [-0.4, -0.2) is 44.3 Å². The molecule has 1 saturated heterocycles. The molecule has 3 rings (SSSR count). The molecule has 1 amide bonds. The minimum atomic E-state index is -0.918. The van der Waals surface area contributed by atoms with Crippen molar-refractivity contribution in [3.63, 3.8) is 0 Å². The van der Waals surface area contributed by atoms with Gasteiger partial charge in [-0.05, 0) is 31.7 Å². The van der Waals surface area contributed by atoms with Gasteiger partial charge < -0.3 is 10.0 Å². The van der Waals surface area contributed by atoms with E-state index in [-0.39, 0.29) is 5.91 Å². The van der Waals surface area contributed by atoms with E-state index in [2.05, 4.69) is 5.10 Å². The number of aromatic nitrogens is 2. The van der Waals surface area contributed by atoms with Crippen molar-refractivity contribution in [1.29, 1.82) is 0 Å². The number of thiophene rings is 1. The van der Waals surface area contributed by atoms with E-state index in [4.69, 9.17) is 0 Å².